The zero-order chi connectivity index (χ0) is 40.2. The number of morpholine rings is 1. The standard InChI is InChI=1S/C41H49F2N9O6/c42-32-23-28(45-34-9-11-36(53)47-39(34)55)6-10-35(32)50-18-16-49(17-19-50)29-12-14-51(15-13-29)41(56)58-31-7-4-27(5-8-31)46-40-44-24-33(43)38(48-40)26-2-1-3-30(22-26)52-20-21-57-25-37(52)54/h1-3,6,10,22-24,27,29,31,34,45H,4-5,7-9,11-21,25H2,(H,44,46,48)(H,47,53,55). The van der Waals surface area contributed by atoms with Crippen LogP contribution in [0.3, 0.4) is 0 Å². The first kappa shape index (κ1) is 39.4. The third kappa shape index (κ3) is 9.15. The topological polar surface area (TPSA) is 162 Å². The predicted molar refractivity (Wildman–Crippen MR) is 211 cm³/mol. The Bertz CT molecular complexity index is 2000. The van der Waals surface area contributed by atoms with E-state index in [4.69, 9.17) is 9.47 Å². The molecule has 2 aromatic carbocycles. The maximum atomic E-state index is 15.2. The monoisotopic (exact) mass is 801 g/mol. The molecule has 5 heterocycles. The van der Waals surface area contributed by atoms with Crippen LogP contribution in [-0.4, -0.2) is 127 Å². The number of halogens is 2. The van der Waals surface area contributed by atoms with Crippen LogP contribution in [0.25, 0.3) is 11.3 Å². The molecule has 4 amide bonds. The Labute approximate surface area is 335 Å². The third-order valence-corrected chi connectivity index (χ3v) is 11.9. The summed E-state index contributed by atoms with van der Waals surface area (Å²) in [6.07, 6.45) is 5.85. The highest BCUT2D eigenvalue weighted by Crippen LogP contribution is 2.30. The summed E-state index contributed by atoms with van der Waals surface area (Å²) in [7, 11) is 0. The van der Waals surface area contributed by atoms with Crippen LogP contribution < -0.4 is 25.8 Å². The van der Waals surface area contributed by atoms with Crippen molar-refractivity contribution in [1.82, 2.24) is 25.1 Å². The van der Waals surface area contributed by atoms with Gasteiger partial charge in [0.2, 0.25) is 17.8 Å². The summed E-state index contributed by atoms with van der Waals surface area (Å²) in [5.41, 5.74) is 2.37. The van der Waals surface area contributed by atoms with E-state index in [2.05, 4.69) is 30.8 Å². The van der Waals surface area contributed by atoms with E-state index in [9.17, 15) is 23.6 Å². The van der Waals surface area contributed by atoms with Crippen molar-refractivity contribution in [1.29, 1.82) is 0 Å². The highest BCUT2D eigenvalue weighted by Gasteiger charge is 2.33. The lowest BCUT2D eigenvalue weighted by atomic mass is 9.93. The van der Waals surface area contributed by atoms with Gasteiger partial charge < -0.3 is 34.8 Å². The van der Waals surface area contributed by atoms with Crippen LogP contribution in [0.5, 0.6) is 0 Å². The van der Waals surface area contributed by atoms with Crippen LogP contribution >= 0.6 is 0 Å². The average molecular weight is 802 g/mol. The van der Waals surface area contributed by atoms with Crippen molar-refractivity contribution in [2.75, 3.05) is 79.5 Å². The van der Waals surface area contributed by atoms with Gasteiger partial charge in [-0.2, -0.15) is 0 Å². The number of piperidine rings is 2. The van der Waals surface area contributed by atoms with Gasteiger partial charge in [0.1, 0.15) is 30.3 Å². The molecule has 17 heteroatoms. The molecule has 5 fully saturated rings. The van der Waals surface area contributed by atoms with Crippen molar-refractivity contribution in [2.45, 2.75) is 75.6 Å². The lowest BCUT2D eigenvalue weighted by molar-refractivity contribution is -0.133. The zero-order valence-electron chi connectivity index (χ0n) is 32.3. The molecule has 0 bridgehead atoms. The molecule has 3 N–H and O–H groups in total. The molecule has 58 heavy (non-hydrogen) atoms. The molecule has 1 aromatic heterocycles. The van der Waals surface area contributed by atoms with Crippen LogP contribution in [0.4, 0.5) is 36.6 Å². The number of nitrogens with one attached hydrogen (secondary N) is 3. The predicted octanol–water partition coefficient (Wildman–Crippen LogP) is 4.15. The number of hydrogen-bond donors (Lipinski definition) is 3. The number of hydrogen-bond acceptors (Lipinski definition) is 12. The van der Waals surface area contributed by atoms with Gasteiger partial charge >= 0.3 is 6.09 Å². The van der Waals surface area contributed by atoms with Gasteiger partial charge in [-0.05, 0) is 75.3 Å². The van der Waals surface area contributed by atoms with E-state index in [1.165, 1.54) is 6.07 Å². The van der Waals surface area contributed by atoms with Crippen LogP contribution in [0.1, 0.15) is 51.4 Å². The van der Waals surface area contributed by atoms with Gasteiger partial charge in [0.25, 0.3) is 5.91 Å². The van der Waals surface area contributed by atoms with Crippen LogP contribution in [-0.2, 0) is 23.9 Å². The minimum absolute atomic E-state index is 0.0158. The minimum atomic E-state index is -0.572. The van der Waals surface area contributed by atoms with Gasteiger partial charge in [0, 0.05) is 81.3 Å². The van der Waals surface area contributed by atoms with Gasteiger partial charge in [-0.1, -0.05) is 12.1 Å². The maximum Gasteiger partial charge on any atom is 0.410 e. The molecule has 4 aliphatic heterocycles. The van der Waals surface area contributed by atoms with Gasteiger partial charge in [0.15, 0.2) is 5.82 Å². The molecule has 0 radical (unpaired) electrons. The Hall–Kier alpha value is -5.42. The van der Waals surface area contributed by atoms with Crippen molar-refractivity contribution in [3.05, 3.63) is 60.3 Å². The molecule has 1 atom stereocenters. The second kappa shape index (κ2) is 17.6. The molecular weight excluding hydrogens is 753 g/mol. The lowest BCUT2D eigenvalue weighted by Gasteiger charge is -2.43. The number of aromatic nitrogens is 2. The van der Waals surface area contributed by atoms with E-state index < -0.39 is 17.8 Å². The number of piperazine rings is 1. The van der Waals surface area contributed by atoms with Crippen molar-refractivity contribution in [3.63, 3.8) is 0 Å². The van der Waals surface area contributed by atoms with Crippen molar-refractivity contribution < 1.29 is 37.4 Å². The van der Waals surface area contributed by atoms with E-state index in [-0.39, 0.29) is 54.6 Å². The van der Waals surface area contributed by atoms with E-state index in [0.29, 0.717) is 93.2 Å². The van der Waals surface area contributed by atoms with Gasteiger partial charge in [-0.15, -0.1) is 0 Å². The van der Waals surface area contributed by atoms with Gasteiger partial charge in [0.05, 0.1) is 18.5 Å². The highest BCUT2D eigenvalue weighted by atomic mass is 19.1. The molecule has 8 rings (SSSR count). The normalized spacial score (nSPS) is 23.7. The van der Waals surface area contributed by atoms with Gasteiger partial charge in [-0.25, -0.2) is 23.5 Å². The summed E-state index contributed by atoms with van der Waals surface area (Å²) >= 11 is 0. The summed E-state index contributed by atoms with van der Waals surface area (Å²) in [5.74, 6) is -1.44. The van der Waals surface area contributed by atoms with Crippen molar-refractivity contribution >= 4 is 46.8 Å². The summed E-state index contributed by atoms with van der Waals surface area (Å²) < 4.78 is 41.4. The molecular formula is C41H49F2N9O6. The number of likely N-dealkylation sites (tertiary alicyclic amines) is 1. The quantitative estimate of drug-likeness (QED) is 0.266. The number of ether oxygens (including phenoxy) is 2. The fourth-order valence-electron chi connectivity index (χ4n) is 8.60. The summed E-state index contributed by atoms with van der Waals surface area (Å²) in [6, 6.07) is 11.8. The summed E-state index contributed by atoms with van der Waals surface area (Å²) in [5, 5.41) is 8.69. The van der Waals surface area contributed by atoms with E-state index >= 15 is 4.39 Å². The number of carbonyl (C=O) groups excluding carboxylic acids is 4. The second-order valence-electron chi connectivity index (χ2n) is 15.6. The molecule has 0 spiro atoms. The molecule has 1 saturated carbocycles. The highest BCUT2D eigenvalue weighted by molar-refractivity contribution is 6.01. The smallest absolute Gasteiger partial charge is 0.410 e. The Morgan fingerprint density at radius 3 is 2.40 bits per heavy atom. The number of nitrogens with zero attached hydrogens (tertiary/aromatic N) is 6. The first-order valence-corrected chi connectivity index (χ1v) is 20.3. The molecule has 5 aliphatic rings. The average Bonchev–Trinajstić information content (AvgIpc) is 3.24. The first-order valence-electron chi connectivity index (χ1n) is 20.3. The molecule has 1 aliphatic carbocycles. The van der Waals surface area contributed by atoms with E-state index in [1.807, 2.05) is 11.0 Å². The molecule has 308 valence electrons. The van der Waals surface area contributed by atoms with Crippen molar-refractivity contribution in [2.24, 2.45) is 0 Å². The number of imide groups is 1. The Balaban J connectivity index is 0.754. The Morgan fingerprint density at radius 2 is 1.66 bits per heavy atom. The minimum Gasteiger partial charge on any atom is -0.446 e. The number of amides is 4. The van der Waals surface area contributed by atoms with Crippen LogP contribution in [0.2, 0.25) is 0 Å². The molecule has 15 nitrogen and oxygen atoms in total. The number of benzene rings is 2. The Kier molecular flexibility index (Phi) is 12.0. The molecule has 3 aromatic rings. The molecule has 4 saturated heterocycles. The molecule has 1 unspecified atom stereocenters. The third-order valence-electron chi connectivity index (χ3n) is 11.9. The fourth-order valence-corrected chi connectivity index (χ4v) is 8.60. The summed E-state index contributed by atoms with van der Waals surface area (Å²) in [4.78, 5) is 65.6. The zero-order valence-corrected chi connectivity index (χ0v) is 32.3. The maximum absolute atomic E-state index is 15.2. The number of carbonyl (C=O) groups is 4. The van der Waals surface area contributed by atoms with Crippen molar-refractivity contribution in [3.8, 4) is 11.3 Å². The Morgan fingerprint density at radius 1 is 0.862 bits per heavy atom. The summed E-state index contributed by atoms with van der Waals surface area (Å²) in [6.45, 7) is 5.05. The fraction of sp³-hybridized carbons (Fsp3) is 0.512. The largest absolute Gasteiger partial charge is 0.446 e. The first-order chi connectivity index (χ1) is 28.2. The van der Waals surface area contributed by atoms with E-state index in [1.54, 1.807) is 40.1 Å². The van der Waals surface area contributed by atoms with Crippen LogP contribution in [0.15, 0.2) is 48.7 Å². The second-order valence-corrected chi connectivity index (χ2v) is 15.6. The van der Waals surface area contributed by atoms with Gasteiger partial charge in [-0.3, -0.25) is 24.6 Å². The number of anilines is 4. The van der Waals surface area contributed by atoms with E-state index in [0.717, 1.165) is 45.0 Å². The lowest BCUT2D eigenvalue weighted by Crippen LogP contribution is -2.54. The SMILES string of the molecule is O=C1CCC(Nc2ccc(N3CCN(C4CCN(C(=O)OC5CCC(Nc6ncc(F)c(-c7cccc(N8CCOCC8=O)c7)n6)CC5)CC4)CC3)c(F)c2)C(=O)N1. The van der Waals surface area contributed by atoms with Crippen LogP contribution in [0, 0.1) is 11.6 Å². The number of rotatable bonds is 9.